The molecule has 0 unspecified atom stereocenters. The summed E-state index contributed by atoms with van der Waals surface area (Å²) in [7, 11) is 0. The van der Waals surface area contributed by atoms with Crippen LogP contribution >= 0.6 is 11.3 Å². The highest BCUT2D eigenvalue weighted by Crippen LogP contribution is 2.36. The number of hydrogen-bond donors (Lipinski definition) is 1. The molecule has 3 nitrogen and oxygen atoms in total. The zero-order valence-electron chi connectivity index (χ0n) is 10.9. The van der Waals surface area contributed by atoms with Crippen molar-refractivity contribution in [1.82, 2.24) is 9.78 Å². The van der Waals surface area contributed by atoms with E-state index in [1.165, 1.54) is 23.5 Å². The van der Waals surface area contributed by atoms with E-state index in [1.807, 2.05) is 10.8 Å². The van der Waals surface area contributed by atoms with E-state index in [9.17, 15) is 17.6 Å². The number of nitrogen functional groups attached to an aromatic ring is 1. The minimum Gasteiger partial charge on any atom is -0.396 e. The van der Waals surface area contributed by atoms with Gasteiger partial charge >= 0.3 is 6.18 Å². The Bertz CT molecular complexity index is 806. The average molecular weight is 327 g/mol. The van der Waals surface area contributed by atoms with E-state index in [2.05, 4.69) is 5.10 Å². The van der Waals surface area contributed by atoms with Crippen LogP contribution in [0.3, 0.4) is 0 Å². The Labute approximate surface area is 126 Å². The van der Waals surface area contributed by atoms with Gasteiger partial charge in [-0.3, -0.25) is 0 Å². The first-order chi connectivity index (χ1) is 10.4. The molecule has 0 saturated heterocycles. The maximum absolute atomic E-state index is 14.0. The maximum Gasteiger partial charge on any atom is 0.435 e. The minimum absolute atomic E-state index is 0.298. The van der Waals surface area contributed by atoms with Crippen LogP contribution in [0.25, 0.3) is 16.8 Å². The predicted octanol–water partition coefficient (Wildman–Crippen LogP) is 4.34. The smallest absolute Gasteiger partial charge is 0.396 e. The largest absolute Gasteiger partial charge is 0.435 e. The highest BCUT2D eigenvalue weighted by atomic mass is 32.1. The van der Waals surface area contributed by atoms with Crippen molar-refractivity contribution < 1.29 is 17.6 Å². The molecule has 0 bridgehead atoms. The van der Waals surface area contributed by atoms with E-state index in [1.54, 1.807) is 6.07 Å². The summed E-state index contributed by atoms with van der Waals surface area (Å²) in [6, 6.07) is 5.73. The van der Waals surface area contributed by atoms with Crippen LogP contribution in [0.2, 0.25) is 0 Å². The zero-order chi connectivity index (χ0) is 15.9. The summed E-state index contributed by atoms with van der Waals surface area (Å²) < 4.78 is 53.7. The van der Waals surface area contributed by atoms with Crippen LogP contribution < -0.4 is 5.73 Å². The number of alkyl halides is 3. The summed E-state index contributed by atoms with van der Waals surface area (Å²) in [5.41, 5.74) is 4.68. The van der Waals surface area contributed by atoms with Gasteiger partial charge in [-0.05, 0) is 40.1 Å². The highest BCUT2D eigenvalue weighted by Gasteiger charge is 2.38. The number of hydrogen-bond acceptors (Lipinski definition) is 3. The molecule has 0 spiro atoms. The molecule has 0 atom stereocenters. The molecule has 3 rings (SSSR count). The third kappa shape index (κ3) is 2.45. The maximum atomic E-state index is 14.0. The van der Waals surface area contributed by atoms with Gasteiger partial charge in [-0.15, -0.1) is 0 Å². The van der Waals surface area contributed by atoms with Crippen molar-refractivity contribution in [3.63, 3.8) is 0 Å². The molecule has 0 fully saturated rings. The van der Waals surface area contributed by atoms with Crippen LogP contribution in [-0.4, -0.2) is 9.78 Å². The fourth-order valence-corrected chi connectivity index (χ4v) is 2.78. The molecule has 2 aromatic heterocycles. The fraction of sp³-hybridized carbons (Fsp3) is 0.0714. The van der Waals surface area contributed by atoms with Crippen LogP contribution in [0.5, 0.6) is 0 Å². The molecule has 0 aliphatic rings. The standard InChI is InChI=1S/C14H9F4N3S/c15-10-2-1-8(9-3-4-22-7-9)5-12(10)21-13(14(16,17)18)11(19)6-20-21/h1-7H,19H2. The van der Waals surface area contributed by atoms with Crippen LogP contribution in [0, 0.1) is 5.82 Å². The first kappa shape index (κ1) is 14.6. The Hall–Kier alpha value is -2.35. The number of thiophene rings is 1. The highest BCUT2D eigenvalue weighted by molar-refractivity contribution is 7.08. The lowest BCUT2D eigenvalue weighted by Gasteiger charge is -2.13. The second-order valence-corrected chi connectivity index (χ2v) is 5.32. The summed E-state index contributed by atoms with van der Waals surface area (Å²) in [5.74, 6) is -0.812. The van der Waals surface area contributed by atoms with Gasteiger partial charge in [0.15, 0.2) is 5.69 Å². The molecule has 2 heterocycles. The third-order valence-electron chi connectivity index (χ3n) is 3.09. The Morgan fingerprint density at radius 2 is 1.91 bits per heavy atom. The minimum atomic E-state index is -4.73. The normalized spacial score (nSPS) is 11.8. The quantitative estimate of drug-likeness (QED) is 0.712. The molecular weight excluding hydrogens is 318 g/mol. The van der Waals surface area contributed by atoms with Crippen molar-refractivity contribution in [2.24, 2.45) is 0 Å². The van der Waals surface area contributed by atoms with Gasteiger partial charge in [-0.1, -0.05) is 6.07 Å². The molecule has 114 valence electrons. The Balaban J connectivity index is 2.19. The van der Waals surface area contributed by atoms with Gasteiger partial charge in [0.25, 0.3) is 0 Å². The van der Waals surface area contributed by atoms with E-state index in [0.717, 1.165) is 17.8 Å². The molecule has 3 aromatic rings. The third-order valence-corrected chi connectivity index (χ3v) is 3.78. The van der Waals surface area contributed by atoms with Crippen molar-refractivity contribution in [3.05, 3.63) is 52.7 Å². The molecule has 0 amide bonds. The first-order valence-electron chi connectivity index (χ1n) is 6.11. The van der Waals surface area contributed by atoms with Crippen molar-refractivity contribution >= 4 is 17.0 Å². The van der Waals surface area contributed by atoms with E-state index in [0.29, 0.717) is 10.2 Å². The molecule has 2 N–H and O–H groups in total. The zero-order valence-corrected chi connectivity index (χ0v) is 11.7. The van der Waals surface area contributed by atoms with Gasteiger partial charge in [0.2, 0.25) is 0 Å². The Morgan fingerprint density at radius 3 is 2.55 bits per heavy atom. The van der Waals surface area contributed by atoms with Crippen molar-refractivity contribution in [1.29, 1.82) is 0 Å². The van der Waals surface area contributed by atoms with Crippen LogP contribution in [-0.2, 0) is 6.18 Å². The van der Waals surface area contributed by atoms with E-state index >= 15 is 0 Å². The number of benzene rings is 1. The summed E-state index contributed by atoms with van der Waals surface area (Å²) in [6.45, 7) is 0. The molecule has 0 aliphatic heterocycles. The lowest BCUT2D eigenvalue weighted by molar-refractivity contribution is -0.142. The topological polar surface area (TPSA) is 43.8 Å². The molecule has 1 aromatic carbocycles. The van der Waals surface area contributed by atoms with Gasteiger partial charge in [0.1, 0.15) is 11.5 Å². The average Bonchev–Trinajstić information content (AvgIpc) is 3.07. The van der Waals surface area contributed by atoms with Gasteiger partial charge in [-0.25, -0.2) is 9.07 Å². The Kier molecular flexibility index (Phi) is 3.40. The molecule has 0 saturated carbocycles. The van der Waals surface area contributed by atoms with Gasteiger partial charge < -0.3 is 5.73 Å². The predicted molar refractivity (Wildman–Crippen MR) is 76.2 cm³/mol. The lowest BCUT2D eigenvalue weighted by Crippen LogP contribution is -2.16. The van der Waals surface area contributed by atoms with Gasteiger partial charge in [0, 0.05) is 0 Å². The van der Waals surface area contributed by atoms with Crippen molar-refractivity contribution in [3.8, 4) is 16.8 Å². The number of rotatable bonds is 2. The SMILES string of the molecule is Nc1cnn(-c2cc(-c3ccsc3)ccc2F)c1C(F)(F)F. The first-order valence-corrected chi connectivity index (χ1v) is 7.05. The number of nitrogens with zero attached hydrogens (tertiary/aromatic N) is 2. The molecule has 0 radical (unpaired) electrons. The Morgan fingerprint density at radius 1 is 1.14 bits per heavy atom. The summed E-state index contributed by atoms with van der Waals surface area (Å²) in [4.78, 5) is 0. The summed E-state index contributed by atoms with van der Waals surface area (Å²) >= 11 is 1.44. The van der Waals surface area contributed by atoms with Gasteiger partial charge in [0.05, 0.1) is 11.9 Å². The fourth-order valence-electron chi connectivity index (χ4n) is 2.11. The van der Waals surface area contributed by atoms with Crippen molar-refractivity contribution in [2.45, 2.75) is 6.18 Å². The second-order valence-electron chi connectivity index (χ2n) is 4.54. The van der Waals surface area contributed by atoms with Gasteiger partial charge in [-0.2, -0.15) is 29.6 Å². The molecular formula is C14H9F4N3S. The van der Waals surface area contributed by atoms with Crippen LogP contribution in [0.15, 0.2) is 41.2 Å². The molecule has 22 heavy (non-hydrogen) atoms. The van der Waals surface area contributed by atoms with Crippen LogP contribution in [0.4, 0.5) is 23.2 Å². The van der Waals surface area contributed by atoms with E-state index in [-0.39, 0.29) is 5.69 Å². The van der Waals surface area contributed by atoms with Crippen molar-refractivity contribution in [2.75, 3.05) is 5.73 Å². The van der Waals surface area contributed by atoms with E-state index < -0.39 is 23.4 Å². The van der Waals surface area contributed by atoms with Crippen LogP contribution in [0.1, 0.15) is 5.69 Å². The molecule has 0 aliphatic carbocycles. The summed E-state index contributed by atoms with van der Waals surface area (Å²) in [6.07, 6.45) is -3.87. The lowest BCUT2D eigenvalue weighted by atomic mass is 10.1. The monoisotopic (exact) mass is 327 g/mol. The van der Waals surface area contributed by atoms with E-state index in [4.69, 9.17) is 5.73 Å². The number of halogens is 4. The summed E-state index contributed by atoms with van der Waals surface area (Å²) in [5, 5.41) is 7.21. The number of anilines is 1. The number of aromatic nitrogens is 2. The second kappa shape index (κ2) is 5.13. The molecule has 8 heteroatoms. The number of nitrogens with two attached hydrogens (primary N) is 1.